The summed E-state index contributed by atoms with van der Waals surface area (Å²) in [6, 6.07) is -0.544. The molecule has 0 atom stereocenters. The smallest absolute Gasteiger partial charge is 0.307 e. The number of hydrogen-bond acceptors (Lipinski definition) is 5. The van der Waals surface area contributed by atoms with E-state index in [1.54, 1.807) is 27.7 Å². The van der Waals surface area contributed by atoms with Gasteiger partial charge in [0.1, 0.15) is 0 Å². The fourth-order valence-corrected chi connectivity index (χ4v) is 1.12. The van der Waals surface area contributed by atoms with E-state index in [2.05, 4.69) is 0 Å². The van der Waals surface area contributed by atoms with Crippen LogP contribution in [0.25, 0.3) is 0 Å². The van der Waals surface area contributed by atoms with Gasteiger partial charge in [0.15, 0.2) is 0 Å². The summed E-state index contributed by atoms with van der Waals surface area (Å²) in [6.45, 7) is 7.04. The second-order valence-corrected chi connectivity index (χ2v) is 4.25. The van der Waals surface area contributed by atoms with Gasteiger partial charge in [0.05, 0.1) is 25.0 Å². The lowest BCUT2D eigenvalue weighted by molar-refractivity contribution is -0.149. The molecule has 0 aliphatic rings. The molecule has 16 heavy (non-hydrogen) atoms. The molecule has 2 N–H and O–H groups in total. The predicted molar refractivity (Wildman–Crippen MR) is 59.7 cm³/mol. The van der Waals surface area contributed by atoms with Crippen LogP contribution < -0.4 is 5.73 Å². The van der Waals surface area contributed by atoms with Crippen molar-refractivity contribution in [2.24, 2.45) is 5.73 Å². The largest absolute Gasteiger partial charge is 0.463 e. The molecule has 0 unspecified atom stereocenters. The van der Waals surface area contributed by atoms with Crippen molar-refractivity contribution < 1.29 is 19.1 Å². The lowest BCUT2D eigenvalue weighted by Crippen LogP contribution is -2.30. The second-order valence-electron chi connectivity index (χ2n) is 4.25. The molecule has 0 aromatic rings. The summed E-state index contributed by atoms with van der Waals surface area (Å²) < 4.78 is 9.82. The Kier molecular flexibility index (Phi) is 6.72. The third-order valence-corrected chi connectivity index (χ3v) is 1.59. The zero-order valence-electron chi connectivity index (χ0n) is 10.4. The Morgan fingerprint density at radius 1 is 0.938 bits per heavy atom. The van der Waals surface area contributed by atoms with Crippen LogP contribution in [0.2, 0.25) is 0 Å². The maximum absolute atomic E-state index is 11.2. The minimum Gasteiger partial charge on any atom is -0.463 e. The molecule has 0 aliphatic carbocycles. The van der Waals surface area contributed by atoms with Crippen molar-refractivity contribution in [3.8, 4) is 0 Å². The van der Waals surface area contributed by atoms with Crippen molar-refractivity contribution in [3.05, 3.63) is 0 Å². The maximum Gasteiger partial charge on any atom is 0.307 e. The van der Waals surface area contributed by atoms with E-state index in [1.807, 2.05) is 0 Å². The van der Waals surface area contributed by atoms with Gasteiger partial charge in [-0.1, -0.05) is 0 Å². The van der Waals surface area contributed by atoms with E-state index in [0.717, 1.165) is 0 Å². The molecule has 5 nitrogen and oxygen atoms in total. The SMILES string of the molecule is CC(C)OC(=O)CC(N)CC(=O)OC(C)C. The summed E-state index contributed by atoms with van der Waals surface area (Å²) in [5.41, 5.74) is 5.63. The summed E-state index contributed by atoms with van der Waals surface area (Å²) >= 11 is 0. The molecule has 0 aromatic heterocycles. The molecule has 94 valence electrons. The van der Waals surface area contributed by atoms with Gasteiger partial charge in [0, 0.05) is 6.04 Å². The Labute approximate surface area is 96.3 Å². The molecule has 0 heterocycles. The minimum atomic E-state index is -0.544. The van der Waals surface area contributed by atoms with Gasteiger partial charge in [0.2, 0.25) is 0 Å². The zero-order valence-corrected chi connectivity index (χ0v) is 10.4. The van der Waals surface area contributed by atoms with E-state index in [1.165, 1.54) is 0 Å². The Hall–Kier alpha value is -1.10. The molecular formula is C11H21NO4. The van der Waals surface area contributed by atoms with Crippen molar-refractivity contribution in [1.82, 2.24) is 0 Å². The van der Waals surface area contributed by atoms with Crippen LogP contribution in [0, 0.1) is 0 Å². The van der Waals surface area contributed by atoms with Crippen molar-refractivity contribution in [3.63, 3.8) is 0 Å². The first-order valence-electron chi connectivity index (χ1n) is 5.45. The van der Waals surface area contributed by atoms with Gasteiger partial charge in [-0.3, -0.25) is 9.59 Å². The monoisotopic (exact) mass is 231 g/mol. The van der Waals surface area contributed by atoms with Gasteiger partial charge < -0.3 is 15.2 Å². The van der Waals surface area contributed by atoms with E-state index in [0.29, 0.717) is 0 Å². The van der Waals surface area contributed by atoms with Gasteiger partial charge in [0.25, 0.3) is 0 Å². The Morgan fingerprint density at radius 2 is 1.25 bits per heavy atom. The number of esters is 2. The molecule has 0 rings (SSSR count). The molecule has 0 bridgehead atoms. The highest BCUT2D eigenvalue weighted by Crippen LogP contribution is 2.02. The number of rotatable bonds is 6. The highest BCUT2D eigenvalue weighted by molar-refractivity contribution is 5.74. The summed E-state index contributed by atoms with van der Waals surface area (Å²) in [7, 11) is 0. The summed E-state index contributed by atoms with van der Waals surface area (Å²) in [6.07, 6.45) is -0.263. The van der Waals surface area contributed by atoms with Crippen LogP contribution in [0.1, 0.15) is 40.5 Å². The predicted octanol–water partition coefficient (Wildman–Crippen LogP) is 0.997. The molecule has 0 radical (unpaired) electrons. The average Bonchev–Trinajstić information content (AvgIpc) is 1.97. The van der Waals surface area contributed by atoms with Crippen molar-refractivity contribution in [1.29, 1.82) is 0 Å². The molecule has 0 amide bonds. The first kappa shape index (κ1) is 14.9. The first-order chi connectivity index (χ1) is 7.31. The van der Waals surface area contributed by atoms with Gasteiger partial charge in [-0.2, -0.15) is 0 Å². The van der Waals surface area contributed by atoms with E-state index >= 15 is 0 Å². The third kappa shape index (κ3) is 8.23. The lowest BCUT2D eigenvalue weighted by Gasteiger charge is -2.13. The minimum absolute atomic E-state index is 0.0331. The van der Waals surface area contributed by atoms with Crippen LogP contribution in [0.4, 0.5) is 0 Å². The van der Waals surface area contributed by atoms with Crippen molar-refractivity contribution in [2.75, 3.05) is 0 Å². The van der Waals surface area contributed by atoms with Crippen LogP contribution in [0.5, 0.6) is 0 Å². The van der Waals surface area contributed by atoms with Gasteiger partial charge in [-0.15, -0.1) is 0 Å². The number of nitrogens with two attached hydrogens (primary N) is 1. The molecule has 0 spiro atoms. The molecular weight excluding hydrogens is 210 g/mol. The number of hydrogen-bond donors (Lipinski definition) is 1. The van der Waals surface area contributed by atoms with E-state index in [9.17, 15) is 9.59 Å². The van der Waals surface area contributed by atoms with E-state index < -0.39 is 6.04 Å². The normalized spacial score (nSPS) is 11.0. The number of carbonyl (C=O) groups is 2. The zero-order chi connectivity index (χ0) is 12.7. The van der Waals surface area contributed by atoms with Crippen LogP contribution >= 0.6 is 0 Å². The molecule has 0 saturated heterocycles. The standard InChI is InChI=1S/C11H21NO4/c1-7(2)15-10(13)5-9(12)6-11(14)16-8(3)4/h7-9H,5-6,12H2,1-4H3. The fraction of sp³-hybridized carbons (Fsp3) is 0.818. The van der Waals surface area contributed by atoms with E-state index in [-0.39, 0.29) is 37.0 Å². The number of ether oxygens (including phenoxy) is 2. The Bertz CT molecular complexity index is 214. The highest BCUT2D eigenvalue weighted by atomic mass is 16.5. The van der Waals surface area contributed by atoms with Gasteiger partial charge >= 0.3 is 11.9 Å². The Morgan fingerprint density at radius 3 is 1.50 bits per heavy atom. The molecule has 0 saturated carbocycles. The lowest BCUT2D eigenvalue weighted by atomic mass is 10.1. The van der Waals surface area contributed by atoms with Crippen LogP contribution in [0.15, 0.2) is 0 Å². The maximum atomic E-state index is 11.2. The van der Waals surface area contributed by atoms with E-state index in [4.69, 9.17) is 15.2 Å². The fourth-order valence-electron chi connectivity index (χ4n) is 1.12. The average molecular weight is 231 g/mol. The quantitative estimate of drug-likeness (QED) is 0.690. The van der Waals surface area contributed by atoms with Gasteiger partial charge in [-0.05, 0) is 27.7 Å². The molecule has 0 fully saturated rings. The number of carbonyl (C=O) groups excluding carboxylic acids is 2. The molecule has 0 aliphatic heterocycles. The van der Waals surface area contributed by atoms with Crippen molar-refractivity contribution >= 4 is 11.9 Å². The van der Waals surface area contributed by atoms with Crippen LogP contribution in [-0.2, 0) is 19.1 Å². The molecule has 5 heteroatoms. The highest BCUT2D eigenvalue weighted by Gasteiger charge is 2.16. The van der Waals surface area contributed by atoms with Gasteiger partial charge in [-0.25, -0.2) is 0 Å². The van der Waals surface area contributed by atoms with Crippen LogP contribution in [0.3, 0.4) is 0 Å². The topological polar surface area (TPSA) is 78.6 Å². The molecule has 0 aromatic carbocycles. The van der Waals surface area contributed by atoms with Crippen molar-refractivity contribution in [2.45, 2.75) is 58.8 Å². The summed E-state index contributed by atoms with van der Waals surface area (Å²) in [5, 5.41) is 0. The first-order valence-corrected chi connectivity index (χ1v) is 5.45. The summed E-state index contributed by atoms with van der Waals surface area (Å²) in [4.78, 5) is 22.4. The Balaban J connectivity index is 3.85. The summed E-state index contributed by atoms with van der Waals surface area (Å²) in [5.74, 6) is -0.778. The third-order valence-electron chi connectivity index (χ3n) is 1.59. The second kappa shape index (κ2) is 7.22. The van der Waals surface area contributed by atoms with Crippen LogP contribution in [-0.4, -0.2) is 30.2 Å².